The Hall–Kier alpha value is -5.04. The molecule has 0 bridgehead atoms. The largest absolute Gasteiger partial charge is 0.573 e. The number of ether oxygens (including phenoxy) is 4. The zero-order valence-electron chi connectivity index (χ0n) is 23.7. The van der Waals surface area contributed by atoms with Crippen LogP contribution < -0.4 is 34.9 Å². The maximum absolute atomic E-state index is 15.0. The lowest BCUT2D eigenvalue weighted by Crippen LogP contribution is -2.23. The predicted octanol–water partition coefficient (Wildman–Crippen LogP) is 7.49. The number of carbonyl (C=O) groups is 1. The number of nitrogens with zero attached hydrogens (tertiary/aromatic N) is 1. The van der Waals surface area contributed by atoms with Crippen molar-refractivity contribution in [1.82, 2.24) is 10.3 Å². The minimum absolute atomic E-state index is 0.0196. The second-order valence-corrected chi connectivity index (χ2v) is 9.71. The third-order valence-corrected chi connectivity index (χ3v) is 6.73. The topological polar surface area (TPSA) is 103 Å². The van der Waals surface area contributed by atoms with Gasteiger partial charge < -0.3 is 34.9 Å². The van der Waals surface area contributed by atoms with Gasteiger partial charge in [-0.3, -0.25) is 4.98 Å². The summed E-state index contributed by atoms with van der Waals surface area (Å²) in [5.41, 5.74) is 1.61. The molecule has 44 heavy (non-hydrogen) atoms. The zero-order valence-corrected chi connectivity index (χ0v) is 23.7. The number of anilines is 2. The van der Waals surface area contributed by atoms with Gasteiger partial charge in [0.2, 0.25) is 0 Å². The SMILES string of the molecule is COc1cc2nccc(Oc3ccc(NC(=O)Nc4ccc(C=C5CCNCC5)c(OC(F)(F)F)c4)c(F)c3)c2cc1OC. The van der Waals surface area contributed by atoms with Crippen LogP contribution in [0.25, 0.3) is 17.0 Å². The van der Waals surface area contributed by atoms with E-state index >= 15 is 0 Å². The van der Waals surface area contributed by atoms with E-state index in [0.717, 1.165) is 30.8 Å². The molecular weight excluding hydrogens is 584 g/mol. The number of rotatable bonds is 8. The quantitative estimate of drug-likeness (QED) is 0.177. The van der Waals surface area contributed by atoms with E-state index in [9.17, 15) is 22.4 Å². The fourth-order valence-electron chi connectivity index (χ4n) is 4.67. The van der Waals surface area contributed by atoms with Gasteiger partial charge >= 0.3 is 12.4 Å². The van der Waals surface area contributed by atoms with Crippen LogP contribution in [0.1, 0.15) is 18.4 Å². The number of aromatic nitrogens is 1. The van der Waals surface area contributed by atoms with E-state index in [1.54, 1.807) is 24.3 Å². The van der Waals surface area contributed by atoms with Gasteiger partial charge in [-0.1, -0.05) is 11.6 Å². The molecule has 2 amide bonds. The Morgan fingerprint density at radius 3 is 2.36 bits per heavy atom. The summed E-state index contributed by atoms with van der Waals surface area (Å²) in [6.07, 6.45) is -0.343. The van der Waals surface area contributed by atoms with E-state index < -0.39 is 24.0 Å². The highest BCUT2D eigenvalue weighted by Gasteiger charge is 2.32. The Morgan fingerprint density at radius 1 is 0.909 bits per heavy atom. The van der Waals surface area contributed by atoms with Crippen molar-refractivity contribution in [2.75, 3.05) is 37.9 Å². The molecule has 1 aliphatic heterocycles. The highest BCUT2D eigenvalue weighted by molar-refractivity contribution is 6.00. The average molecular weight is 613 g/mol. The fraction of sp³-hybridized carbons (Fsp3) is 0.226. The van der Waals surface area contributed by atoms with Crippen LogP contribution in [0, 0.1) is 5.82 Å². The first-order valence-corrected chi connectivity index (χ1v) is 13.5. The Labute approximate surface area is 249 Å². The van der Waals surface area contributed by atoms with Gasteiger partial charge in [0.15, 0.2) is 11.5 Å². The molecule has 0 spiro atoms. The van der Waals surface area contributed by atoms with Crippen LogP contribution in [0.3, 0.4) is 0 Å². The molecule has 1 aromatic heterocycles. The number of hydrogen-bond acceptors (Lipinski definition) is 7. The predicted molar refractivity (Wildman–Crippen MR) is 157 cm³/mol. The lowest BCUT2D eigenvalue weighted by molar-refractivity contribution is -0.274. The third kappa shape index (κ3) is 7.48. The molecule has 0 aliphatic carbocycles. The molecule has 0 unspecified atom stereocenters. The molecule has 0 radical (unpaired) electrons. The van der Waals surface area contributed by atoms with Crippen molar-refractivity contribution in [2.24, 2.45) is 0 Å². The van der Waals surface area contributed by atoms with Crippen molar-refractivity contribution >= 4 is 34.4 Å². The molecular formula is C31H28F4N4O5. The summed E-state index contributed by atoms with van der Waals surface area (Å²) < 4.78 is 75.1. The van der Waals surface area contributed by atoms with Crippen molar-refractivity contribution in [1.29, 1.82) is 0 Å². The van der Waals surface area contributed by atoms with Crippen molar-refractivity contribution in [3.63, 3.8) is 0 Å². The number of amides is 2. The van der Waals surface area contributed by atoms with Crippen molar-refractivity contribution in [3.05, 3.63) is 77.7 Å². The van der Waals surface area contributed by atoms with Crippen LogP contribution in [0.15, 0.2) is 66.4 Å². The molecule has 13 heteroatoms. The summed E-state index contributed by atoms with van der Waals surface area (Å²) in [6, 6.07) is 11.9. The van der Waals surface area contributed by atoms with E-state index in [0.29, 0.717) is 41.0 Å². The molecule has 9 nitrogen and oxygen atoms in total. The number of carbonyl (C=O) groups excluding carboxylic acids is 1. The first-order valence-electron chi connectivity index (χ1n) is 13.5. The lowest BCUT2D eigenvalue weighted by atomic mass is 10.0. The maximum atomic E-state index is 15.0. The van der Waals surface area contributed by atoms with Crippen LogP contribution in [-0.4, -0.2) is 44.7 Å². The number of alkyl halides is 3. The van der Waals surface area contributed by atoms with Gasteiger partial charge in [0.25, 0.3) is 0 Å². The second kappa shape index (κ2) is 13.1. The van der Waals surface area contributed by atoms with Gasteiger partial charge in [-0.25, -0.2) is 9.18 Å². The number of pyridine rings is 1. The molecule has 1 aliphatic rings. The highest BCUT2D eigenvalue weighted by Crippen LogP contribution is 2.37. The first kappa shape index (κ1) is 30.4. The van der Waals surface area contributed by atoms with E-state index in [2.05, 4.69) is 25.7 Å². The van der Waals surface area contributed by atoms with Crippen LogP contribution in [0.5, 0.6) is 28.7 Å². The molecule has 3 N–H and O–H groups in total. The monoisotopic (exact) mass is 612 g/mol. The summed E-state index contributed by atoms with van der Waals surface area (Å²) in [4.78, 5) is 16.9. The van der Waals surface area contributed by atoms with Crippen LogP contribution in [0.4, 0.5) is 33.7 Å². The summed E-state index contributed by atoms with van der Waals surface area (Å²) in [5, 5.41) is 8.55. The van der Waals surface area contributed by atoms with Crippen LogP contribution in [0.2, 0.25) is 0 Å². The van der Waals surface area contributed by atoms with Crippen molar-refractivity contribution in [3.8, 4) is 28.7 Å². The van der Waals surface area contributed by atoms with Gasteiger partial charge in [0.05, 0.1) is 25.4 Å². The van der Waals surface area contributed by atoms with Gasteiger partial charge in [0.1, 0.15) is 23.1 Å². The third-order valence-electron chi connectivity index (χ3n) is 6.73. The average Bonchev–Trinajstić information content (AvgIpc) is 2.99. The standard InChI is InChI=1S/C31H28F4N4O5/c1-41-28-16-22-25(17-29(28)42-2)37-12-9-26(22)43-21-5-6-24(23(32)15-21)39-30(40)38-20-4-3-19(13-18-7-10-36-11-8-18)27(14-20)44-31(33,34)35/h3-6,9,12-17,36H,7-8,10-11H2,1-2H3,(H2,38,39,40). The number of hydrogen-bond donors (Lipinski definition) is 3. The number of piperidine rings is 1. The molecule has 1 fully saturated rings. The first-order chi connectivity index (χ1) is 21.1. The molecule has 5 rings (SSSR count). The lowest BCUT2D eigenvalue weighted by Gasteiger charge is -2.17. The van der Waals surface area contributed by atoms with Crippen molar-refractivity contribution < 1.29 is 41.3 Å². The number of methoxy groups -OCH3 is 2. The molecule has 0 atom stereocenters. The molecule has 0 saturated carbocycles. The van der Waals surface area contributed by atoms with Crippen molar-refractivity contribution in [2.45, 2.75) is 19.2 Å². The van der Waals surface area contributed by atoms with E-state index in [-0.39, 0.29) is 22.7 Å². The smallest absolute Gasteiger partial charge is 0.493 e. The second-order valence-electron chi connectivity index (χ2n) is 9.71. The Balaban J connectivity index is 1.30. The summed E-state index contributed by atoms with van der Waals surface area (Å²) in [6.45, 7) is 1.46. The Morgan fingerprint density at radius 2 is 1.66 bits per heavy atom. The normalized spacial score (nSPS) is 13.3. The molecule has 4 aromatic rings. The molecule has 3 aromatic carbocycles. The maximum Gasteiger partial charge on any atom is 0.573 e. The zero-order chi connectivity index (χ0) is 31.3. The Kier molecular flexibility index (Phi) is 9.04. The van der Waals surface area contributed by atoms with Gasteiger partial charge in [-0.05, 0) is 62.3 Å². The minimum atomic E-state index is -4.93. The number of fused-ring (bicyclic) bond motifs is 1. The molecule has 1 saturated heterocycles. The Bertz CT molecular complexity index is 1700. The van der Waals surface area contributed by atoms with Gasteiger partial charge in [-0.2, -0.15) is 0 Å². The number of urea groups is 1. The molecule has 230 valence electrons. The van der Waals surface area contributed by atoms with Crippen LogP contribution in [-0.2, 0) is 0 Å². The number of nitrogens with one attached hydrogen (secondary N) is 3. The number of benzene rings is 3. The minimum Gasteiger partial charge on any atom is -0.493 e. The highest BCUT2D eigenvalue weighted by atomic mass is 19.4. The van der Waals surface area contributed by atoms with E-state index in [4.69, 9.17) is 14.2 Å². The van der Waals surface area contributed by atoms with E-state index in [1.807, 2.05) is 0 Å². The summed E-state index contributed by atoms with van der Waals surface area (Å²) >= 11 is 0. The summed E-state index contributed by atoms with van der Waals surface area (Å²) in [5.74, 6) is 0.196. The van der Waals surface area contributed by atoms with Gasteiger partial charge in [-0.15, -0.1) is 13.2 Å². The summed E-state index contributed by atoms with van der Waals surface area (Å²) in [7, 11) is 3.00. The molecule has 2 heterocycles. The number of halogens is 4. The van der Waals surface area contributed by atoms with E-state index in [1.165, 1.54) is 44.7 Å². The van der Waals surface area contributed by atoms with Crippen LogP contribution >= 0.6 is 0 Å². The van der Waals surface area contributed by atoms with Gasteiger partial charge in [0, 0.05) is 41.0 Å². The fourth-order valence-corrected chi connectivity index (χ4v) is 4.67.